The van der Waals surface area contributed by atoms with Gasteiger partial charge < -0.3 is 10.6 Å². The summed E-state index contributed by atoms with van der Waals surface area (Å²) in [6.45, 7) is 6.62. The zero-order chi connectivity index (χ0) is 21.1. The summed E-state index contributed by atoms with van der Waals surface area (Å²) < 4.78 is 0. The first-order valence-corrected chi connectivity index (χ1v) is 12.2. The van der Waals surface area contributed by atoms with E-state index < -0.39 is 0 Å². The second-order valence-electron chi connectivity index (χ2n) is 8.90. The molecule has 1 saturated heterocycles. The first-order valence-electron chi connectivity index (χ1n) is 11.8. The molecule has 1 unspecified atom stereocenters. The molecule has 0 bridgehead atoms. The third-order valence-corrected chi connectivity index (χ3v) is 7.05. The van der Waals surface area contributed by atoms with Gasteiger partial charge in [-0.2, -0.15) is 0 Å². The normalized spacial score (nSPS) is 19.4. The molecule has 4 nitrogen and oxygen atoms in total. The van der Waals surface area contributed by atoms with Crippen molar-refractivity contribution in [2.45, 2.75) is 84.0 Å². The number of nitrogens with zero attached hydrogens (tertiary/aromatic N) is 3. The van der Waals surface area contributed by atoms with Gasteiger partial charge in [-0.1, -0.05) is 44.7 Å². The molecule has 162 valence electrons. The van der Waals surface area contributed by atoms with Crippen molar-refractivity contribution >= 4 is 23.1 Å². The Bertz CT molecular complexity index is 887. The van der Waals surface area contributed by atoms with E-state index in [1.54, 1.807) is 0 Å². The minimum Gasteiger partial charge on any atom is -0.399 e. The standard InChI is InChI=1S/C25H35ClN4/c1-3-9-19-21(15-18(27)16-22(19)26)17-10-11-20-23(14-17)28-24(4-2)29-25(20)30-12-7-5-6-8-13-30/h15-17H,3-14,27H2,1-2H3. The van der Waals surface area contributed by atoms with E-state index in [1.807, 2.05) is 6.07 Å². The number of hydrogen-bond donors (Lipinski definition) is 1. The van der Waals surface area contributed by atoms with Gasteiger partial charge in [0.05, 0.1) is 5.69 Å². The molecular weight excluding hydrogens is 392 g/mol. The molecule has 2 aromatic rings. The van der Waals surface area contributed by atoms with Gasteiger partial charge in [-0.05, 0) is 67.7 Å². The number of hydrogen-bond acceptors (Lipinski definition) is 4. The summed E-state index contributed by atoms with van der Waals surface area (Å²) in [6, 6.07) is 4.06. The van der Waals surface area contributed by atoms with Crippen LogP contribution < -0.4 is 10.6 Å². The lowest BCUT2D eigenvalue weighted by molar-refractivity contribution is 0.559. The van der Waals surface area contributed by atoms with Crippen molar-refractivity contribution in [2.24, 2.45) is 0 Å². The highest BCUT2D eigenvalue weighted by Gasteiger charge is 2.29. The zero-order valence-corrected chi connectivity index (χ0v) is 19.3. The Labute approximate surface area is 186 Å². The SMILES string of the molecule is CCCc1c(Cl)cc(N)cc1C1CCc2c(nc(CC)nc2N2CCCCCC2)C1. The van der Waals surface area contributed by atoms with E-state index in [0.29, 0.717) is 5.92 Å². The Hall–Kier alpha value is -1.81. The summed E-state index contributed by atoms with van der Waals surface area (Å²) in [7, 11) is 0. The van der Waals surface area contributed by atoms with Gasteiger partial charge in [-0.15, -0.1) is 0 Å². The lowest BCUT2D eigenvalue weighted by Gasteiger charge is -2.31. The minimum absolute atomic E-state index is 0.427. The topological polar surface area (TPSA) is 55.0 Å². The lowest BCUT2D eigenvalue weighted by Crippen LogP contribution is -2.29. The maximum atomic E-state index is 6.61. The Balaban J connectivity index is 1.70. The number of benzene rings is 1. The van der Waals surface area contributed by atoms with E-state index in [1.165, 1.54) is 53.9 Å². The Morgan fingerprint density at radius 1 is 1.10 bits per heavy atom. The fraction of sp³-hybridized carbons (Fsp3) is 0.600. The summed E-state index contributed by atoms with van der Waals surface area (Å²) in [5.74, 6) is 2.63. The van der Waals surface area contributed by atoms with Crippen LogP contribution in [0, 0.1) is 0 Å². The Morgan fingerprint density at radius 2 is 1.87 bits per heavy atom. The van der Waals surface area contributed by atoms with Crippen LogP contribution in [0.1, 0.15) is 86.5 Å². The van der Waals surface area contributed by atoms with Crippen molar-refractivity contribution in [1.82, 2.24) is 9.97 Å². The predicted molar refractivity (Wildman–Crippen MR) is 127 cm³/mol. The number of nitrogens with two attached hydrogens (primary N) is 1. The molecule has 1 aliphatic heterocycles. The minimum atomic E-state index is 0.427. The molecule has 5 heteroatoms. The second-order valence-corrected chi connectivity index (χ2v) is 9.31. The second kappa shape index (κ2) is 9.55. The van der Waals surface area contributed by atoms with Crippen LogP contribution in [0.4, 0.5) is 11.5 Å². The van der Waals surface area contributed by atoms with Gasteiger partial charge in [0.15, 0.2) is 0 Å². The van der Waals surface area contributed by atoms with Crippen molar-refractivity contribution < 1.29 is 0 Å². The van der Waals surface area contributed by atoms with Crippen molar-refractivity contribution in [3.05, 3.63) is 45.4 Å². The summed E-state index contributed by atoms with van der Waals surface area (Å²) in [5, 5.41) is 0.819. The number of aryl methyl sites for hydroxylation is 1. The molecule has 2 aliphatic rings. The van der Waals surface area contributed by atoms with E-state index in [-0.39, 0.29) is 0 Å². The molecule has 1 atom stereocenters. The molecule has 0 amide bonds. The van der Waals surface area contributed by atoms with E-state index in [2.05, 4.69) is 24.8 Å². The van der Waals surface area contributed by atoms with Crippen LogP contribution in [0.3, 0.4) is 0 Å². The van der Waals surface area contributed by atoms with Crippen LogP contribution in [0.25, 0.3) is 0 Å². The van der Waals surface area contributed by atoms with E-state index in [0.717, 1.165) is 68.1 Å². The van der Waals surface area contributed by atoms with Gasteiger partial charge >= 0.3 is 0 Å². The molecule has 2 heterocycles. The number of halogens is 1. The quantitative estimate of drug-likeness (QED) is 0.606. The third-order valence-electron chi connectivity index (χ3n) is 6.71. The molecule has 30 heavy (non-hydrogen) atoms. The van der Waals surface area contributed by atoms with Crippen LogP contribution in [0.5, 0.6) is 0 Å². The maximum Gasteiger partial charge on any atom is 0.135 e. The summed E-state index contributed by atoms with van der Waals surface area (Å²) in [5.41, 5.74) is 12.2. The van der Waals surface area contributed by atoms with Gasteiger partial charge in [-0.25, -0.2) is 9.97 Å². The number of aromatic nitrogens is 2. The van der Waals surface area contributed by atoms with E-state index in [4.69, 9.17) is 27.3 Å². The summed E-state index contributed by atoms with van der Waals surface area (Å²) >= 11 is 6.61. The molecule has 0 saturated carbocycles. The van der Waals surface area contributed by atoms with Crippen LogP contribution in [-0.2, 0) is 25.7 Å². The van der Waals surface area contributed by atoms with Crippen LogP contribution >= 0.6 is 11.6 Å². The fourth-order valence-electron chi connectivity index (χ4n) is 5.17. The third kappa shape index (κ3) is 4.44. The maximum absolute atomic E-state index is 6.61. The lowest BCUT2D eigenvalue weighted by atomic mass is 9.79. The summed E-state index contributed by atoms with van der Waals surface area (Å²) in [6.07, 6.45) is 11.3. The van der Waals surface area contributed by atoms with Gasteiger partial charge in [-0.3, -0.25) is 0 Å². The number of rotatable bonds is 5. The molecule has 1 fully saturated rings. The van der Waals surface area contributed by atoms with Crippen molar-refractivity contribution in [1.29, 1.82) is 0 Å². The van der Waals surface area contributed by atoms with E-state index >= 15 is 0 Å². The zero-order valence-electron chi connectivity index (χ0n) is 18.5. The monoisotopic (exact) mass is 426 g/mol. The first-order chi connectivity index (χ1) is 14.6. The smallest absolute Gasteiger partial charge is 0.135 e. The molecule has 1 aromatic heterocycles. The molecule has 4 rings (SSSR count). The number of nitrogen functional groups attached to an aromatic ring is 1. The van der Waals surface area contributed by atoms with Gasteiger partial charge in [0.1, 0.15) is 11.6 Å². The first kappa shape index (κ1) is 21.4. The largest absolute Gasteiger partial charge is 0.399 e. The number of anilines is 2. The van der Waals surface area contributed by atoms with Crippen molar-refractivity contribution in [2.75, 3.05) is 23.7 Å². The van der Waals surface area contributed by atoms with Crippen molar-refractivity contribution in [3.8, 4) is 0 Å². The van der Waals surface area contributed by atoms with Gasteiger partial charge in [0.25, 0.3) is 0 Å². The molecule has 0 radical (unpaired) electrons. The van der Waals surface area contributed by atoms with Gasteiger partial charge in [0.2, 0.25) is 0 Å². The highest BCUT2D eigenvalue weighted by atomic mass is 35.5. The highest BCUT2D eigenvalue weighted by Crippen LogP contribution is 2.40. The predicted octanol–water partition coefficient (Wildman–Crippen LogP) is 5.88. The number of fused-ring (bicyclic) bond motifs is 1. The summed E-state index contributed by atoms with van der Waals surface area (Å²) in [4.78, 5) is 12.6. The Kier molecular flexibility index (Phi) is 6.82. The molecule has 1 aromatic carbocycles. The van der Waals surface area contributed by atoms with Crippen LogP contribution in [0.15, 0.2) is 12.1 Å². The fourth-order valence-corrected chi connectivity index (χ4v) is 5.50. The molecule has 1 aliphatic carbocycles. The van der Waals surface area contributed by atoms with Gasteiger partial charge in [0, 0.05) is 35.8 Å². The van der Waals surface area contributed by atoms with Crippen LogP contribution in [0.2, 0.25) is 5.02 Å². The highest BCUT2D eigenvalue weighted by molar-refractivity contribution is 6.31. The molecular formula is C25H35ClN4. The Morgan fingerprint density at radius 3 is 2.57 bits per heavy atom. The molecule has 2 N–H and O–H groups in total. The van der Waals surface area contributed by atoms with Crippen LogP contribution in [-0.4, -0.2) is 23.1 Å². The van der Waals surface area contributed by atoms with E-state index in [9.17, 15) is 0 Å². The molecule has 0 spiro atoms. The average molecular weight is 427 g/mol. The van der Waals surface area contributed by atoms with Crippen molar-refractivity contribution in [3.63, 3.8) is 0 Å². The average Bonchev–Trinajstić information content (AvgIpc) is 3.03.